The second kappa shape index (κ2) is 8.16. The largest absolute Gasteiger partial charge is 0.339 e. The molecule has 0 aromatic heterocycles. The van der Waals surface area contributed by atoms with Crippen molar-refractivity contribution in [3.05, 3.63) is 65.2 Å². The van der Waals surface area contributed by atoms with E-state index in [0.717, 1.165) is 25.9 Å². The van der Waals surface area contributed by atoms with Gasteiger partial charge in [0.1, 0.15) is 0 Å². The van der Waals surface area contributed by atoms with Crippen LogP contribution in [0, 0.1) is 5.92 Å². The van der Waals surface area contributed by atoms with Gasteiger partial charge in [-0.15, -0.1) is 0 Å². The lowest BCUT2D eigenvalue weighted by Gasteiger charge is -2.30. The standard InChI is InChI=1S/C22H24N2O3/c1-15-9-11-24(12-10-15)22(27)19-7-3-6-18(13-19)21(26)23-20-8-4-5-17(14-20)16(2)25/h3-8,13-15H,9-12H2,1-2H3,(H,23,26). The van der Waals surface area contributed by atoms with Crippen LogP contribution in [0.2, 0.25) is 0 Å². The lowest BCUT2D eigenvalue weighted by atomic mass is 9.98. The molecule has 0 radical (unpaired) electrons. The summed E-state index contributed by atoms with van der Waals surface area (Å²) < 4.78 is 0. The van der Waals surface area contributed by atoms with Crippen molar-refractivity contribution in [2.75, 3.05) is 18.4 Å². The van der Waals surface area contributed by atoms with Gasteiger partial charge in [0, 0.05) is 35.5 Å². The maximum absolute atomic E-state index is 12.7. The molecule has 0 aliphatic carbocycles. The molecule has 0 unspecified atom stereocenters. The summed E-state index contributed by atoms with van der Waals surface area (Å²) >= 11 is 0. The predicted octanol–water partition coefficient (Wildman–Crippen LogP) is 4.01. The Balaban J connectivity index is 1.73. The zero-order chi connectivity index (χ0) is 19.4. The van der Waals surface area contributed by atoms with Gasteiger partial charge >= 0.3 is 0 Å². The summed E-state index contributed by atoms with van der Waals surface area (Å²) in [5.74, 6) is 0.249. The van der Waals surface area contributed by atoms with E-state index in [1.165, 1.54) is 6.92 Å². The first-order chi connectivity index (χ1) is 12.9. The van der Waals surface area contributed by atoms with Gasteiger partial charge in [0.25, 0.3) is 11.8 Å². The molecule has 1 fully saturated rings. The van der Waals surface area contributed by atoms with Crippen LogP contribution in [0.4, 0.5) is 5.69 Å². The molecule has 27 heavy (non-hydrogen) atoms. The normalized spacial score (nSPS) is 14.7. The number of carbonyl (C=O) groups is 3. The molecule has 2 aromatic rings. The van der Waals surface area contributed by atoms with Gasteiger partial charge in [0.05, 0.1) is 0 Å². The summed E-state index contributed by atoms with van der Waals surface area (Å²) in [5, 5.41) is 2.79. The zero-order valence-electron chi connectivity index (χ0n) is 15.7. The van der Waals surface area contributed by atoms with Gasteiger partial charge in [-0.1, -0.05) is 25.1 Å². The van der Waals surface area contributed by atoms with Crippen LogP contribution >= 0.6 is 0 Å². The van der Waals surface area contributed by atoms with E-state index in [1.54, 1.807) is 48.5 Å². The van der Waals surface area contributed by atoms with Crippen molar-refractivity contribution in [1.29, 1.82) is 0 Å². The highest BCUT2D eigenvalue weighted by molar-refractivity contribution is 6.06. The third-order valence-electron chi connectivity index (χ3n) is 4.97. The van der Waals surface area contributed by atoms with Crippen molar-refractivity contribution in [3.8, 4) is 0 Å². The monoisotopic (exact) mass is 364 g/mol. The number of hydrogen-bond donors (Lipinski definition) is 1. The fraction of sp³-hybridized carbons (Fsp3) is 0.318. The first-order valence-electron chi connectivity index (χ1n) is 9.26. The minimum Gasteiger partial charge on any atom is -0.339 e. The van der Waals surface area contributed by atoms with Crippen molar-refractivity contribution in [3.63, 3.8) is 0 Å². The number of benzene rings is 2. The van der Waals surface area contributed by atoms with Crippen LogP contribution in [0.3, 0.4) is 0 Å². The molecule has 5 nitrogen and oxygen atoms in total. The van der Waals surface area contributed by atoms with Gasteiger partial charge < -0.3 is 10.2 Å². The maximum Gasteiger partial charge on any atom is 0.255 e. The van der Waals surface area contributed by atoms with E-state index in [-0.39, 0.29) is 17.6 Å². The van der Waals surface area contributed by atoms with Crippen LogP contribution in [-0.4, -0.2) is 35.6 Å². The van der Waals surface area contributed by atoms with Crippen molar-refractivity contribution in [1.82, 2.24) is 4.90 Å². The van der Waals surface area contributed by atoms with Crippen LogP contribution < -0.4 is 5.32 Å². The first-order valence-corrected chi connectivity index (χ1v) is 9.26. The molecule has 1 N–H and O–H groups in total. The quantitative estimate of drug-likeness (QED) is 0.834. The molecule has 1 aliphatic rings. The molecule has 0 spiro atoms. The number of nitrogens with one attached hydrogen (secondary N) is 1. The van der Waals surface area contributed by atoms with Crippen LogP contribution in [-0.2, 0) is 0 Å². The fourth-order valence-corrected chi connectivity index (χ4v) is 3.21. The summed E-state index contributed by atoms with van der Waals surface area (Å²) in [4.78, 5) is 38.6. The van der Waals surface area contributed by atoms with Gasteiger partial charge in [-0.2, -0.15) is 0 Å². The topological polar surface area (TPSA) is 66.5 Å². The lowest BCUT2D eigenvalue weighted by Crippen LogP contribution is -2.38. The first kappa shape index (κ1) is 18.8. The Morgan fingerprint density at radius 2 is 1.56 bits per heavy atom. The third-order valence-corrected chi connectivity index (χ3v) is 4.97. The average Bonchev–Trinajstić information content (AvgIpc) is 2.68. The third kappa shape index (κ3) is 4.61. The molecule has 0 saturated carbocycles. The molecule has 1 aliphatic heterocycles. The molecule has 2 amide bonds. The number of ketones is 1. The molecule has 1 saturated heterocycles. The fourth-order valence-electron chi connectivity index (χ4n) is 3.21. The van der Waals surface area contributed by atoms with E-state index in [9.17, 15) is 14.4 Å². The highest BCUT2D eigenvalue weighted by Gasteiger charge is 2.22. The smallest absolute Gasteiger partial charge is 0.255 e. The number of piperidine rings is 1. The molecule has 1 heterocycles. The highest BCUT2D eigenvalue weighted by atomic mass is 16.2. The van der Waals surface area contributed by atoms with Crippen LogP contribution in [0.5, 0.6) is 0 Å². The SMILES string of the molecule is CC(=O)c1cccc(NC(=O)c2cccc(C(=O)N3CCC(C)CC3)c2)c1. The van der Waals surface area contributed by atoms with E-state index < -0.39 is 0 Å². The van der Waals surface area contributed by atoms with Gasteiger partial charge in [0.2, 0.25) is 0 Å². The minimum absolute atomic E-state index is 0.0323. The van der Waals surface area contributed by atoms with E-state index in [4.69, 9.17) is 0 Å². The number of carbonyl (C=O) groups excluding carboxylic acids is 3. The number of likely N-dealkylation sites (tertiary alicyclic amines) is 1. The summed E-state index contributed by atoms with van der Waals surface area (Å²) in [6.07, 6.45) is 2.02. The van der Waals surface area contributed by atoms with Crippen molar-refractivity contribution >= 4 is 23.3 Å². The van der Waals surface area contributed by atoms with Crippen molar-refractivity contribution in [2.24, 2.45) is 5.92 Å². The summed E-state index contributed by atoms with van der Waals surface area (Å²) in [6, 6.07) is 13.6. The molecule has 5 heteroatoms. The summed E-state index contributed by atoms with van der Waals surface area (Å²) in [5.41, 5.74) is 2.03. The van der Waals surface area contributed by atoms with Gasteiger partial charge in [-0.25, -0.2) is 0 Å². The highest BCUT2D eigenvalue weighted by Crippen LogP contribution is 2.19. The van der Waals surface area contributed by atoms with Gasteiger partial charge in [-0.3, -0.25) is 14.4 Å². The number of hydrogen-bond acceptors (Lipinski definition) is 3. The molecular formula is C22H24N2O3. The number of Topliss-reactive ketones (excluding diaryl/α,β-unsaturated/α-hetero) is 1. The Bertz CT molecular complexity index is 867. The number of amides is 2. The lowest BCUT2D eigenvalue weighted by molar-refractivity contribution is 0.0697. The predicted molar refractivity (Wildman–Crippen MR) is 105 cm³/mol. The second-order valence-electron chi connectivity index (χ2n) is 7.15. The number of anilines is 1. The Morgan fingerprint density at radius 3 is 2.26 bits per heavy atom. The molecule has 0 atom stereocenters. The maximum atomic E-state index is 12.7. The Labute approximate surface area is 159 Å². The molecular weight excluding hydrogens is 340 g/mol. The minimum atomic E-state index is -0.308. The number of nitrogens with zero attached hydrogens (tertiary/aromatic N) is 1. The average molecular weight is 364 g/mol. The molecule has 0 bridgehead atoms. The van der Waals surface area contributed by atoms with E-state index >= 15 is 0 Å². The van der Waals surface area contributed by atoms with Crippen LogP contribution in [0.25, 0.3) is 0 Å². The Kier molecular flexibility index (Phi) is 5.69. The van der Waals surface area contributed by atoms with Crippen LogP contribution in [0.15, 0.2) is 48.5 Å². The Morgan fingerprint density at radius 1 is 0.926 bits per heavy atom. The van der Waals surface area contributed by atoms with Gasteiger partial charge in [0.15, 0.2) is 5.78 Å². The summed E-state index contributed by atoms with van der Waals surface area (Å²) in [7, 11) is 0. The van der Waals surface area contributed by atoms with E-state index in [2.05, 4.69) is 12.2 Å². The van der Waals surface area contributed by atoms with Crippen molar-refractivity contribution < 1.29 is 14.4 Å². The second-order valence-corrected chi connectivity index (χ2v) is 7.15. The summed E-state index contributed by atoms with van der Waals surface area (Å²) in [6.45, 7) is 5.20. The van der Waals surface area contributed by atoms with E-state index in [1.807, 2.05) is 4.90 Å². The van der Waals surface area contributed by atoms with Crippen molar-refractivity contribution in [2.45, 2.75) is 26.7 Å². The Hall–Kier alpha value is -2.95. The number of rotatable bonds is 4. The zero-order valence-corrected chi connectivity index (χ0v) is 15.7. The van der Waals surface area contributed by atoms with Crippen LogP contribution in [0.1, 0.15) is 57.8 Å². The molecule has 140 valence electrons. The van der Waals surface area contributed by atoms with Gasteiger partial charge in [-0.05, 0) is 56.0 Å². The molecule has 3 rings (SSSR count). The van der Waals surface area contributed by atoms with E-state index in [0.29, 0.717) is 28.3 Å². The molecule has 2 aromatic carbocycles.